The summed E-state index contributed by atoms with van der Waals surface area (Å²) in [6, 6.07) is 10.5. The number of halogens is 4. The van der Waals surface area contributed by atoms with Crippen LogP contribution in [0.25, 0.3) is 0 Å². The number of carbonyl (C=O) groups excluding carboxylic acids is 1. The van der Waals surface area contributed by atoms with Gasteiger partial charge in [-0.05, 0) is 36.4 Å². The number of alkyl halides is 3. The molecular weight excluding hydrogens is 461 g/mol. The second-order valence-corrected chi connectivity index (χ2v) is 9.09. The van der Waals surface area contributed by atoms with Gasteiger partial charge >= 0.3 is 6.18 Å². The number of amides is 1. The number of hydrogen-bond donors (Lipinski definition) is 0. The van der Waals surface area contributed by atoms with Crippen LogP contribution in [-0.2, 0) is 16.2 Å². The van der Waals surface area contributed by atoms with Gasteiger partial charge in [-0.15, -0.1) is 0 Å². The van der Waals surface area contributed by atoms with Gasteiger partial charge in [0.05, 0.1) is 10.5 Å². The lowest BCUT2D eigenvalue weighted by atomic mass is 10.2. The Morgan fingerprint density at radius 1 is 0.964 bits per heavy atom. The summed E-state index contributed by atoms with van der Waals surface area (Å²) >= 11 is 3.30. The number of rotatable bonds is 3. The minimum absolute atomic E-state index is 0.0122. The van der Waals surface area contributed by atoms with Crippen molar-refractivity contribution in [3.63, 3.8) is 0 Å². The lowest BCUT2D eigenvalue weighted by Gasteiger charge is -2.34. The van der Waals surface area contributed by atoms with Gasteiger partial charge in [0.1, 0.15) is 0 Å². The summed E-state index contributed by atoms with van der Waals surface area (Å²) in [5, 5.41) is 0. The van der Waals surface area contributed by atoms with Crippen LogP contribution >= 0.6 is 15.9 Å². The monoisotopic (exact) mass is 476 g/mol. The predicted octanol–water partition coefficient (Wildman–Crippen LogP) is 3.61. The number of nitrogens with zero attached hydrogens (tertiary/aromatic N) is 2. The molecule has 1 aliphatic rings. The van der Waals surface area contributed by atoms with Crippen molar-refractivity contribution in [1.82, 2.24) is 9.21 Å². The fraction of sp³-hybridized carbons (Fsp3) is 0.278. The lowest BCUT2D eigenvalue weighted by molar-refractivity contribution is -0.137. The second kappa shape index (κ2) is 7.84. The average Bonchev–Trinajstić information content (AvgIpc) is 2.67. The van der Waals surface area contributed by atoms with Gasteiger partial charge in [0.15, 0.2) is 0 Å². The van der Waals surface area contributed by atoms with Gasteiger partial charge < -0.3 is 4.90 Å². The Balaban J connectivity index is 1.73. The van der Waals surface area contributed by atoms with Crippen molar-refractivity contribution in [2.24, 2.45) is 0 Å². The van der Waals surface area contributed by atoms with Gasteiger partial charge in [-0.25, -0.2) is 8.42 Å². The van der Waals surface area contributed by atoms with E-state index >= 15 is 0 Å². The van der Waals surface area contributed by atoms with Crippen molar-refractivity contribution in [1.29, 1.82) is 0 Å². The average molecular weight is 477 g/mol. The standard InChI is InChI=1S/C18H16BrF3N2O3S/c19-15-5-1-3-13(11-15)17(25)23-7-9-24(10-8-23)28(26,27)16-6-2-4-14(12-16)18(20,21)22/h1-6,11-12H,7-10H2. The highest BCUT2D eigenvalue weighted by Crippen LogP contribution is 2.31. The Labute approximate surface area is 168 Å². The molecule has 0 aliphatic carbocycles. The molecule has 5 nitrogen and oxygen atoms in total. The van der Waals surface area contributed by atoms with E-state index < -0.39 is 26.7 Å². The van der Waals surface area contributed by atoms with Crippen LogP contribution in [0.5, 0.6) is 0 Å². The third-order valence-corrected chi connectivity index (χ3v) is 6.78. The highest BCUT2D eigenvalue weighted by molar-refractivity contribution is 9.10. The number of hydrogen-bond acceptors (Lipinski definition) is 3. The molecule has 0 N–H and O–H groups in total. The van der Waals surface area contributed by atoms with Gasteiger partial charge in [-0.1, -0.05) is 28.1 Å². The van der Waals surface area contributed by atoms with Crippen molar-refractivity contribution >= 4 is 31.9 Å². The van der Waals surface area contributed by atoms with E-state index in [4.69, 9.17) is 0 Å². The van der Waals surface area contributed by atoms with Crippen LogP contribution in [0.2, 0.25) is 0 Å². The number of piperazine rings is 1. The topological polar surface area (TPSA) is 57.7 Å². The molecule has 1 heterocycles. The van der Waals surface area contributed by atoms with Crippen molar-refractivity contribution < 1.29 is 26.4 Å². The summed E-state index contributed by atoms with van der Waals surface area (Å²) in [4.78, 5) is 13.7. The normalized spacial score (nSPS) is 16.2. The van der Waals surface area contributed by atoms with Crippen LogP contribution in [0, 0.1) is 0 Å². The first-order valence-electron chi connectivity index (χ1n) is 8.31. The lowest BCUT2D eigenvalue weighted by Crippen LogP contribution is -2.50. The quantitative estimate of drug-likeness (QED) is 0.679. The molecule has 0 bridgehead atoms. The molecule has 2 aromatic carbocycles. The molecule has 28 heavy (non-hydrogen) atoms. The smallest absolute Gasteiger partial charge is 0.336 e. The molecule has 3 rings (SSSR count). The third-order valence-electron chi connectivity index (χ3n) is 4.40. The van der Waals surface area contributed by atoms with E-state index in [0.29, 0.717) is 11.6 Å². The van der Waals surface area contributed by atoms with Crippen molar-refractivity contribution in [3.8, 4) is 0 Å². The predicted molar refractivity (Wildman–Crippen MR) is 100 cm³/mol. The van der Waals surface area contributed by atoms with Crippen LogP contribution in [0.3, 0.4) is 0 Å². The highest BCUT2D eigenvalue weighted by atomic mass is 79.9. The first-order valence-corrected chi connectivity index (χ1v) is 10.5. The van der Waals surface area contributed by atoms with E-state index in [1.165, 1.54) is 4.90 Å². The van der Waals surface area contributed by atoms with Crippen LogP contribution in [0.4, 0.5) is 13.2 Å². The molecular formula is C18H16BrF3N2O3S. The Hall–Kier alpha value is -1.91. The zero-order chi connectivity index (χ0) is 20.5. The summed E-state index contributed by atoms with van der Waals surface area (Å²) in [6.07, 6.45) is -4.62. The minimum Gasteiger partial charge on any atom is -0.336 e. The number of benzene rings is 2. The molecule has 0 unspecified atom stereocenters. The Bertz CT molecular complexity index is 988. The molecule has 1 amide bonds. The fourth-order valence-electron chi connectivity index (χ4n) is 2.92. The summed E-state index contributed by atoms with van der Waals surface area (Å²) in [7, 11) is -4.08. The van der Waals surface area contributed by atoms with Crippen molar-refractivity contribution in [2.75, 3.05) is 26.2 Å². The van der Waals surface area contributed by atoms with Crippen molar-refractivity contribution in [3.05, 3.63) is 64.1 Å². The van der Waals surface area contributed by atoms with E-state index in [2.05, 4.69) is 15.9 Å². The van der Waals surface area contributed by atoms with E-state index in [9.17, 15) is 26.4 Å². The van der Waals surface area contributed by atoms with E-state index in [0.717, 1.165) is 27.0 Å². The molecule has 0 spiro atoms. The Morgan fingerprint density at radius 3 is 2.21 bits per heavy atom. The van der Waals surface area contributed by atoms with Gasteiger partial charge in [-0.3, -0.25) is 4.79 Å². The maximum absolute atomic E-state index is 12.9. The SMILES string of the molecule is O=C(c1cccc(Br)c1)N1CCN(S(=O)(=O)c2cccc(C(F)(F)F)c2)CC1. The third kappa shape index (κ3) is 4.39. The van der Waals surface area contributed by atoms with Gasteiger partial charge in [0.25, 0.3) is 5.91 Å². The molecule has 1 fully saturated rings. The first kappa shape index (κ1) is 20.8. The molecule has 1 aliphatic heterocycles. The summed E-state index contributed by atoms with van der Waals surface area (Å²) in [5.41, 5.74) is -0.541. The zero-order valence-corrected chi connectivity index (χ0v) is 16.9. The number of sulfonamides is 1. The molecule has 0 radical (unpaired) electrons. The van der Waals surface area contributed by atoms with E-state index in [1.807, 2.05) is 0 Å². The van der Waals surface area contributed by atoms with E-state index in [-0.39, 0.29) is 32.1 Å². The summed E-state index contributed by atoms with van der Waals surface area (Å²) in [6.45, 7) is 0.337. The molecule has 0 aromatic heterocycles. The van der Waals surface area contributed by atoms with Crippen LogP contribution in [-0.4, -0.2) is 49.7 Å². The van der Waals surface area contributed by atoms with Gasteiger partial charge in [0.2, 0.25) is 10.0 Å². The highest BCUT2D eigenvalue weighted by Gasteiger charge is 2.34. The molecule has 1 saturated heterocycles. The maximum Gasteiger partial charge on any atom is 0.416 e. The van der Waals surface area contributed by atoms with Crippen LogP contribution in [0.15, 0.2) is 57.9 Å². The Kier molecular flexibility index (Phi) is 5.83. The molecule has 0 atom stereocenters. The maximum atomic E-state index is 12.9. The van der Waals surface area contributed by atoms with Crippen LogP contribution < -0.4 is 0 Å². The zero-order valence-electron chi connectivity index (χ0n) is 14.5. The molecule has 0 saturated carbocycles. The van der Waals surface area contributed by atoms with Crippen molar-refractivity contribution in [2.45, 2.75) is 11.1 Å². The first-order chi connectivity index (χ1) is 13.1. The summed E-state index contributed by atoms with van der Waals surface area (Å²) in [5.74, 6) is -0.225. The van der Waals surface area contributed by atoms with Gasteiger partial charge in [-0.2, -0.15) is 17.5 Å². The van der Waals surface area contributed by atoms with Gasteiger partial charge in [0, 0.05) is 36.2 Å². The molecule has 10 heteroatoms. The van der Waals surface area contributed by atoms with Crippen LogP contribution in [0.1, 0.15) is 15.9 Å². The molecule has 150 valence electrons. The van der Waals surface area contributed by atoms with E-state index in [1.54, 1.807) is 24.3 Å². The Morgan fingerprint density at radius 2 is 1.61 bits per heavy atom. The minimum atomic E-state index is -4.62. The fourth-order valence-corrected chi connectivity index (χ4v) is 4.79. The second-order valence-electron chi connectivity index (χ2n) is 6.23. The largest absolute Gasteiger partial charge is 0.416 e. The number of carbonyl (C=O) groups is 1. The summed E-state index contributed by atoms with van der Waals surface area (Å²) < 4.78 is 65.9. The molecule has 2 aromatic rings.